The second-order valence-electron chi connectivity index (χ2n) is 6.20. The lowest BCUT2D eigenvalue weighted by atomic mass is 9.89. The third-order valence-corrected chi connectivity index (χ3v) is 4.87. The molecule has 112 valence electrons. The molecule has 0 radical (unpaired) electrons. The van der Waals surface area contributed by atoms with E-state index >= 15 is 0 Å². The van der Waals surface area contributed by atoms with Gasteiger partial charge in [-0.05, 0) is 44.8 Å². The van der Waals surface area contributed by atoms with Gasteiger partial charge in [0.25, 0.3) is 5.92 Å². The highest BCUT2D eigenvalue weighted by Crippen LogP contribution is 2.34. The van der Waals surface area contributed by atoms with Gasteiger partial charge in [0, 0.05) is 6.54 Å². The molecule has 0 N–H and O–H groups in total. The quantitative estimate of drug-likeness (QED) is 0.776. The maximum absolute atomic E-state index is 14.3. The second kappa shape index (κ2) is 6.49. The standard InChI is InChI=1S/C15H28F2N2/c1-3-5-13-6-10-19(11-7-13)14-8-9-18(4-2)12-15(14,16)17/h13-14H,3-12H2,1-2H3. The van der Waals surface area contributed by atoms with Gasteiger partial charge in [0.15, 0.2) is 0 Å². The van der Waals surface area contributed by atoms with Gasteiger partial charge in [-0.25, -0.2) is 8.78 Å². The molecule has 0 bridgehead atoms. The Hall–Kier alpha value is -0.220. The molecule has 19 heavy (non-hydrogen) atoms. The van der Waals surface area contributed by atoms with Gasteiger partial charge in [-0.1, -0.05) is 26.7 Å². The van der Waals surface area contributed by atoms with Gasteiger partial charge >= 0.3 is 0 Å². The van der Waals surface area contributed by atoms with Crippen LogP contribution in [-0.4, -0.2) is 54.5 Å². The summed E-state index contributed by atoms with van der Waals surface area (Å²) in [7, 11) is 0. The van der Waals surface area contributed by atoms with E-state index in [1.807, 2.05) is 11.8 Å². The van der Waals surface area contributed by atoms with Crippen LogP contribution >= 0.6 is 0 Å². The lowest BCUT2D eigenvalue weighted by Gasteiger charge is -2.45. The monoisotopic (exact) mass is 274 g/mol. The molecule has 0 aromatic heterocycles. The third-order valence-electron chi connectivity index (χ3n) is 4.87. The average Bonchev–Trinajstić information content (AvgIpc) is 2.39. The lowest BCUT2D eigenvalue weighted by molar-refractivity contribution is -0.131. The number of hydrogen-bond acceptors (Lipinski definition) is 2. The Labute approximate surface area is 116 Å². The van der Waals surface area contributed by atoms with Crippen LogP contribution in [0.4, 0.5) is 8.78 Å². The molecule has 1 atom stereocenters. The zero-order chi connectivity index (χ0) is 13.9. The van der Waals surface area contributed by atoms with E-state index in [-0.39, 0.29) is 6.54 Å². The van der Waals surface area contributed by atoms with E-state index in [1.54, 1.807) is 0 Å². The number of nitrogens with zero attached hydrogens (tertiary/aromatic N) is 2. The van der Waals surface area contributed by atoms with Crippen LogP contribution in [-0.2, 0) is 0 Å². The van der Waals surface area contributed by atoms with Crippen molar-refractivity contribution in [1.29, 1.82) is 0 Å². The Morgan fingerprint density at radius 1 is 1.05 bits per heavy atom. The number of halogens is 2. The zero-order valence-electron chi connectivity index (χ0n) is 12.4. The van der Waals surface area contributed by atoms with Crippen LogP contribution in [0.2, 0.25) is 0 Å². The molecule has 2 aliphatic rings. The smallest absolute Gasteiger partial charge is 0.275 e. The highest BCUT2D eigenvalue weighted by Gasteiger charge is 2.47. The van der Waals surface area contributed by atoms with Gasteiger partial charge in [-0.2, -0.15) is 0 Å². The van der Waals surface area contributed by atoms with Crippen LogP contribution in [0.25, 0.3) is 0 Å². The van der Waals surface area contributed by atoms with Crippen LogP contribution in [0.1, 0.15) is 46.0 Å². The molecule has 2 fully saturated rings. The maximum atomic E-state index is 14.3. The Morgan fingerprint density at radius 3 is 2.26 bits per heavy atom. The summed E-state index contributed by atoms with van der Waals surface area (Å²) in [4.78, 5) is 3.94. The molecule has 2 saturated heterocycles. The van der Waals surface area contributed by atoms with Crippen LogP contribution in [0.15, 0.2) is 0 Å². The fourth-order valence-corrected chi connectivity index (χ4v) is 3.68. The van der Waals surface area contributed by atoms with E-state index in [0.29, 0.717) is 6.42 Å². The molecule has 2 rings (SSSR count). The van der Waals surface area contributed by atoms with Crippen LogP contribution in [0, 0.1) is 5.92 Å². The van der Waals surface area contributed by atoms with E-state index in [2.05, 4.69) is 11.8 Å². The van der Waals surface area contributed by atoms with Crippen molar-refractivity contribution in [3.63, 3.8) is 0 Å². The van der Waals surface area contributed by atoms with Gasteiger partial charge in [-0.15, -0.1) is 0 Å². The fraction of sp³-hybridized carbons (Fsp3) is 1.00. The predicted octanol–water partition coefficient (Wildman–Crippen LogP) is 3.23. The largest absolute Gasteiger partial charge is 0.298 e. The summed E-state index contributed by atoms with van der Waals surface area (Å²) in [5.41, 5.74) is 0. The molecule has 0 aromatic rings. The van der Waals surface area contributed by atoms with Crippen LogP contribution < -0.4 is 0 Å². The van der Waals surface area contributed by atoms with E-state index in [1.165, 1.54) is 12.8 Å². The molecule has 0 saturated carbocycles. The normalized spacial score (nSPS) is 30.6. The molecule has 2 aliphatic heterocycles. The van der Waals surface area contributed by atoms with Crippen LogP contribution in [0.5, 0.6) is 0 Å². The first-order valence-electron chi connectivity index (χ1n) is 7.91. The minimum atomic E-state index is -2.54. The van der Waals surface area contributed by atoms with E-state index < -0.39 is 12.0 Å². The minimum absolute atomic E-state index is 0.0525. The summed E-state index contributed by atoms with van der Waals surface area (Å²) in [6.45, 7) is 7.43. The Kier molecular flexibility index (Phi) is 5.18. The SMILES string of the molecule is CCCC1CCN(C2CCN(CC)CC2(F)F)CC1. The van der Waals surface area contributed by atoms with Crippen molar-refractivity contribution in [3.05, 3.63) is 0 Å². The molecule has 1 unspecified atom stereocenters. The highest BCUT2D eigenvalue weighted by atomic mass is 19.3. The first-order chi connectivity index (χ1) is 9.06. The lowest BCUT2D eigenvalue weighted by Crippen LogP contribution is -2.59. The van der Waals surface area contributed by atoms with Crippen LogP contribution in [0.3, 0.4) is 0 Å². The molecule has 0 aromatic carbocycles. The number of piperidine rings is 2. The Bertz CT molecular complexity index is 275. The summed E-state index contributed by atoms with van der Waals surface area (Å²) in [6, 6.07) is -0.516. The predicted molar refractivity (Wildman–Crippen MR) is 74.7 cm³/mol. The van der Waals surface area contributed by atoms with E-state index in [4.69, 9.17) is 0 Å². The Balaban J connectivity index is 1.88. The van der Waals surface area contributed by atoms with Crippen molar-refractivity contribution in [2.24, 2.45) is 5.92 Å². The van der Waals surface area contributed by atoms with Crippen molar-refractivity contribution in [2.75, 3.05) is 32.7 Å². The maximum Gasteiger partial charge on any atom is 0.275 e. The molecular formula is C15H28F2N2. The van der Waals surface area contributed by atoms with Crippen molar-refractivity contribution >= 4 is 0 Å². The molecule has 0 spiro atoms. The number of likely N-dealkylation sites (tertiary alicyclic amines) is 2. The first kappa shape index (κ1) is 15.2. The van der Waals surface area contributed by atoms with Crippen molar-refractivity contribution in [3.8, 4) is 0 Å². The average molecular weight is 274 g/mol. The third kappa shape index (κ3) is 3.66. The summed E-state index contributed by atoms with van der Waals surface area (Å²) in [6.07, 6.45) is 5.32. The number of alkyl halides is 2. The summed E-state index contributed by atoms with van der Waals surface area (Å²) in [5, 5.41) is 0. The summed E-state index contributed by atoms with van der Waals surface area (Å²) < 4.78 is 28.5. The molecule has 4 heteroatoms. The first-order valence-corrected chi connectivity index (χ1v) is 7.91. The fourth-order valence-electron chi connectivity index (χ4n) is 3.68. The molecule has 2 nitrogen and oxygen atoms in total. The van der Waals surface area contributed by atoms with Gasteiger partial charge in [0.1, 0.15) is 0 Å². The van der Waals surface area contributed by atoms with Gasteiger partial charge in [-0.3, -0.25) is 9.80 Å². The van der Waals surface area contributed by atoms with Crippen molar-refractivity contribution in [2.45, 2.75) is 57.9 Å². The van der Waals surface area contributed by atoms with Gasteiger partial charge in [0.05, 0.1) is 12.6 Å². The summed E-state index contributed by atoms with van der Waals surface area (Å²) in [5.74, 6) is -1.77. The van der Waals surface area contributed by atoms with Crippen molar-refractivity contribution < 1.29 is 8.78 Å². The summed E-state index contributed by atoms with van der Waals surface area (Å²) >= 11 is 0. The topological polar surface area (TPSA) is 6.48 Å². The highest BCUT2D eigenvalue weighted by molar-refractivity contribution is 4.94. The van der Waals surface area contributed by atoms with E-state index in [0.717, 1.165) is 44.9 Å². The number of rotatable bonds is 4. The van der Waals surface area contributed by atoms with E-state index in [9.17, 15) is 8.78 Å². The van der Waals surface area contributed by atoms with Gasteiger partial charge < -0.3 is 0 Å². The second-order valence-corrected chi connectivity index (χ2v) is 6.20. The van der Waals surface area contributed by atoms with Gasteiger partial charge in [0.2, 0.25) is 0 Å². The molecular weight excluding hydrogens is 246 g/mol. The number of hydrogen-bond donors (Lipinski definition) is 0. The molecule has 2 heterocycles. The minimum Gasteiger partial charge on any atom is -0.298 e. The Morgan fingerprint density at radius 2 is 1.74 bits per heavy atom. The zero-order valence-corrected chi connectivity index (χ0v) is 12.4. The molecule has 0 aliphatic carbocycles. The van der Waals surface area contributed by atoms with Crippen molar-refractivity contribution in [1.82, 2.24) is 9.80 Å². The molecule has 0 amide bonds.